The minimum Gasteiger partial charge on any atom is -0.466 e. The zero-order valence-corrected chi connectivity index (χ0v) is 11.8. The average Bonchev–Trinajstić information content (AvgIpc) is 2.90. The molecule has 0 radical (unpaired) electrons. The van der Waals surface area contributed by atoms with Crippen molar-refractivity contribution in [2.24, 2.45) is 0 Å². The zero-order valence-electron chi connectivity index (χ0n) is 11.8. The number of Topliss-reactive ketones (excluding diaryl/α,β-unsaturated/α-hetero) is 1. The zero-order chi connectivity index (χ0) is 15.2. The fourth-order valence-electron chi connectivity index (χ4n) is 1.77. The van der Waals surface area contributed by atoms with Gasteiger partial charge in [-0.1, -0.05) is 5.21 Å². The van der Waals surface area contributed by atoms with Gasteiger partial charge in [0.15, 0.2) is 0 Å². The number of hydrogen-bond donors (Lipinski definition) is 3. The molecule has 2 rings (SSSR count). The molecule has 0 amide bonds. The van der Waals surface area contributed by atoms with Crippen molar-refractivity contribution in [1.29, 1.82) is 0 Å². The topological polar surface area (TPSA) is 109 Å². The van der Waals surface area contributed by atoms with Crippen molar-refractivity contribution in [1.82, 2.24) is 20.8 Å². The molecule has 0 spiro atoms. The normalized spacial score (nSPS) is 12.1. The van der Waals surface area contributed by atoms with E-state index >= 15 is 0 Å². The number of esters is 1. The van der Waals surface area contributed by atoms with Crippen molar-refractivity contribution in [3.63, 3.8) is 0 Å². The van der Waals surface area contributed by atoms with Gasteiger partial charge >= 0.3 is 5.97 Å². The lowest BCUT2D eigenvalue weighted by Crippen LogP contribution is -2.41. The maximum Gasteiger partial charge on any atom is 0.307 e. The summed E-state index contributed by atoms with van der Waals surface area (Å²) in [5.74, 6) is -0.572. The van der Waals surface area contributed by atoms with Crippen molar-refractivity contribution in [2.75, 3.05) is 12.0 Å². The molecule has 1 aromatic carbocycles. The van der Waals surface area contributed by atoms with E-state index < -0.39 is 12.0 Å². The number of rotatable bonds is 7. The molecule has 0 aliphatic carbocycles. The molecule has 0 aliphatic heterocycles. The fraction of sp³-hybridized carbons (Fsp3) is 0.385. The number of fused-ring (bicyclic) bond motifs is 1. The summed E-state index contributed by atoms with van der Waals surface area (Å²) in [5, 5.41) is 10.3. The molecule has 1 unspecified atom stereocenters. The van der Waals surface area contributed by atoms with Crippen molar-refractivity contribution in [3.8, 4) is 0 Å². The van der Waals surface area contributed by atoms with Crippen LogP contribution in [0.5, 0.6) is 0 Å². The molecule has 1 heterocycles. The Bertz CT molecular complexity index is 640. The van der Waals surface area contributed by atoms with Crippen molar-refractivity contribution in [3.05, 3.63) is 18.2 Å². The van der Waals surface area contributed by atoms with E-state index in [4.69, 9.17) is 4.74 Å². The number of aromatic nitrogens is 3. The van der Waals surface area contributed by atoms with E-state index in [1.54, 1.807) is 19.1 Å². The molecular weight excluding hydrogens is 274 g/mol. The molecule has 21 heavy (non-hydrogen) atoms. The van der Waals surface area contributed by atoms with Gasteiger partial charge in [0, 0.05) is 0 Å². The van der Waals surface area contributed by atoms with Crippen LogP contribution in [-0.2, 0) is 14.3 Å². The lowest BCUT2D eigenvalue weighted by atomic mass is 10.1. The minimum atomic E-state index is -0.656. The van der Waals surface area contributed by atoms with Crippen molar-refractivity contribution < 1.29 is 14.3 Å². The Morgan fingerprint density at radius 2 is 2.24 bits per heavy atom. The molecule has 3 N–H and O–H groups in total. The molecule has 0 saturated carbocycles. The SMILES string of the molecule is CCOC(=O)CC(NNc1ccc2[nH]nnc2c1)C(C)=O. The molecule has 112 valence electrons. The van der Waals surface area contributed by atoms with Crippen molar-refractivity contribution in [2.45, 2.75) is 26.3 Å². The standard InChI is InChI=1S/C13H17N5O3/c1-3-21-13(20)7-11(8(2)19)15-14-9-4-5-10-12(6-9)17-18-16-10/h4-6,11,14-15H,3,7H2,1-2H3,(H,16,17,18). The largest absolute Gasteiger partial charge is 0.466 e. The van der Waals surface area contributed by atoms with Crippen LogP contribution in [0.4, 0.5) is 5.69 Å². The van der Waals surface area contributed by atoms with Gasteiger partial charge in [-0.05, 0) is 32.0 Å². The molecule has 0 bridgehead atoms. The van der Waals surface area contributed by atoms with E-state index in [1.807, 2.05) is 6.07 Å². The second kappa shape index (κ2) is 6.80. The van der Waals surface area contributed by atoms with E-state index in [1.165, 1.54) is 6.92 Å². The third-order valence-corrected chi connectivity index (χ3v) is 2.88. The molecule has 8 heteroatoms. The predicted molar refractivity (Wildman–Crippen MR) is 76.4 cm³/mol. The number of hydrazine groups is 1. The highest BCUT2D eigenvalue weighted by Crippen LogP contribution is 2.14. The molecule has 2 aromatic rings. The second-order valence-electron chi connectivity index (χ2n) is 4.49. The smallest absolute Gasteiger partial charge is 0.307 e. The van der Waals surface area contributed by atoms with Crippen LogP contribution in [0.25, 0.3) is 11.0 Å². The number of hydrogen-bond acceptors (Lipinski definition) is 7. The van der Waals surface area contributed by atoms with Crippen LogP contribution in [0.3, 0.4) is 0 Å². The number of ether oxygens (including phenoxy) is 1. The minimum absolute atomic E-state index is 0.0254. The van der Waals surface area contributed by atoms with Crippen LogP contribution < -0.4 is 10.9 Å². The lowest BCUT2D eigenvalue weighted by molar-refractivity contribution is -0.145. The number of anilines is 1. The summed E-state index contributed by atoms with van der Waals surface area (Å²) in [5.41, 5.74) is 7.95. The number of H-pyrrole nitrogens is 1. The first-order valence-electron chi connectivity index (χ1n) is 6.58. The van der Waals surface area contributed by atoms with Crippen LogP contribution in [0.1, 0.15) is 20.3 Å². The molecule has 8 nitrogen and oxygen atoms in total. The Hall–Kier alpha value is -2.48. The highest BCUT2D eigenvalue weighted by atomic mass is 16.5. The van der Waals surface area contributed by atoms with E-state index in [0.29, 0.717) is 17.8 Å². The Labute approximate surface area is 121 Å². The number of ketones is 1. The Morgan fingerprint density at radius 1 is 1.43 bits per heavy atom. The summed E-state index contributed by atoms with van der Waals surface area (Å²) in [7, 11) is 0. The highest BCUT2D eigenvalue weighted by molar-refractivity contribution is 5.86. The van der Waals surface area contributed by atoms with Gasteiger partial charge in [0.25, 0.3) is 0 Å². The van der Waals surface area contributed by atoms with Gasteiger partial charge in [0.05, 0.1) is 30.3 Å². The van der Waals surface area contributed by atoms with Gasteiger partial charge in [-0.25, -0.2) is 5.43 Å². The van der Waals surface area contributed by atoms with Gasteiger partial charge in [0.2, 0.25) is 0 Å². The summed E-state index contributed by atoms with van der Waals surface area (Å²) in [6.07, 6.45) is -0.0254. The van der Waals surface area contributed by atoms with E-state index in [0.717, 1.165) is 5.52 Å². The van der Waals surface area contributed by atoms with E-state index in [9.17, 15) is 9.59 Å². The summed E-state index contributed by atoms with van der Waals surface area (Å²) in [6.45, 7) is 3.43. The number of nitrogens with zero attached hydrogens (tertiary/aromatic N) is 2. The third kappa shape index (κ3) is 3.99. The molecule has 0 fully saturated rings. The Morgan fingerprint density at radius 3 is 2.95 bits per heavy atom. The first-order chi connectivity index (χ1) is 10.1. The van der Waals surface area contributed by atoms with E-state index in [2.05, 4.69) is 26.3 Å². The summed E-state index contributed by atoms with van der Waals surface area (Å²) < 4.78 is 4.84. The molecule has 1 aromatic heterocycles. The van der Waals surface area contributed by atoms with Gasteiger partial charge in [-0.15, -0.1) is 5.10 Å². The highest BCUT2D eigenvalue weighted by Gasteiger charge is 2.18. The molecule has 1 atom stereocenters. The van der Waals surface area contributed by atoms with Crippen LogP contribution >= 0.6 is 0 Å². The summed E-state index contributed by atoms with van der Waals surface area (Å²) in [4.78, 5) is 23.0. The molecule has 0 saturated heterocycles. The Kier molecular flexibility index (Phi) is 4.83. The molecule has 0 aliphatic rings. The maximum atomic E-state index is 11.5. The summed E-state index contributed by atoms with van der Waals surface area (Å²) >= 11 is 0. The number of carbonyl (C=O) groups is 2. The quantitative estimate of drug-likeness (QED) is 0.511. The van der Waals surface area contributed by atoms with Crippen LogP contribution in [-0.4, -0.2) is 39.8 Å². The van der Waals surface area contributed by atoms with Gasteiger partial charge in [-0.3, -0.25) is 14.7 Å². The summed E-state index contributed by atoms with van der Waals surface area (Å²) in [6, 6.07) is 4.73. The van der Waals surface area contributed by atoms with Gasteiger partial charge < -0.3 is 10.2 Å². The first-order valence-corrected chi connectivity index (χ1v) is 6.58. The third-order valence-electron chi connectivity index (χ3n) is 2.88. The van der Waals surface area contributed by atoms with Crippen molar-refractivity contribution >= 4 is 28.5 Å². The number of carbonyl (C=O) groups excluding carboxylic acids is 2. The monoisotopic (exact) mass is 291 g/mol. The first kappa shape index (κ1) is 14.9. The van der Waals surface area contributed by atoms with E-state index in [-0.39, 0.29) is 12.2 Å². The second-order valence-corrected chi connectivity index (χ2v) is 4.49. The number of benzene rings is 1. The number of aromatic amines is 1. The lowest BCUT2D eigenvalue weighted by Gasteiger charge is -2.16. The van der Waals surface area contributed by atoms with Gasteiger partial charge in [0.1, 0.15) is 11.3 Å². The fourth-order valence-corrected chi connectivity index (χ4v) is 1.77. The van der Waals surface area contributed by atoms with Crippen LogP contribution in [0.15, 0.2) is 18.2 Å². The predicted octanol–water partition coefficient (Wildman–Crippen LogP) is 0.785. The molecular formula is C13H17N5O3. The average molecular weight is 291 g/mol. The van der Waals surface area contributed by atoms with Crippen LogP contribution in [0.2, 0.25) is 0 Å². The Balaban J connectivity index is 1.97. The maximum absolute atomic E-state index is 11.5. The number of nitrogens with one attached hydrogen (secondary N) is 3. The van der Waals surface area contributed by atoms with Gasteiger partial charge in [-0.2, -0.15) is 0 Å². The van der Waals surface area contributed by atoms with Crippen LogP contribution in [0, 0.1) is 0 Å².